The molecule has 1 heterocycles. The quantitative estimate of drug-likeness (QED) is 0.779. The first-order chi connectivity index (χ1) is 11.1. The summed E-state index contributed by atoms with van der Waals surface area (Å²) in [6.45, 7) is 11.0. The van der Waals surface area contributed by atoms with Gasteiger partial charge in [0.25, 0.3) is 0 Å². The van der Waals surface area contributed by atoms with Gasteiger partial charge in [0.2, 0.25) is 5.91 Å². The molecule has 1 amide bonds. The van der Waals surface area contributed by atoms with Gasteiger partial charge in [-0.1, -0.05) is 44.2 Å². The van der Waals surface area contributed by atoms with Crippen molar-refractivity contribution in [3.63, 3.8) is 0 Å². The van der Waals surface area contributed by atoms with Crippen LogP contribution in [0.1, 0.15) is 25.8 Å². The number of halogens is 1. The molecule has 0 spiro atoms. The summed E-state index contributed by atoms with van der Waals surface area (Å²) in [5.74, 6) is 0.931. The highest BCUT2D eigenvalue weighted by Crippen LogP contribution is 2.06. The molecular formula is C19H32ClN3O. The zero-order valence-electron chi connectivity index (χ0n) is 15.0. The number of carbonyl (C=O) groups excluding carboxylic acids is 1. The maximum absolute atomic E-state index is 12.3. The lowest BCUT2D eigenvalue weighted by Crippen LogP contribution is -2.47. The third-order valence-electron chi connectivity index (χ3n) is 4.29. The van der Waals surface area contributed by atoms with Gasteiger partial charge in [-0.3, -0.25) is 4.79 Å². The zero-order valence-corrected chi connectivity index (χ0v) is 15.9. The molecule has 1 aliphatic rings. The zero-order chi connectivity index (χ0) is 16.5. The molecule has 4 nitrogen and oxygen atoms in total. The van der Waals surface area contributed by atoms with E-state index in [-0.39, 0.29) is 12.4 Å². The minimum Gasteiger partial charge on any atom is -0.340 e. The van der Waals surface area contributed by atoms with E-state index in [1.807, 2.05) is 4.90 Å². The van der Waals surface area contributed by atoms with Crippen LogP contribution < -0.4 is 5.32 Å². The van der Waals surface area contributed by atoms with Crippen LogP contribution in [0.3, 0.4) is 0 Å². The monoisotopic (exact) mass is 353 g/mol. The van der Waals surface area contributed by atoms with E-state index in [1.165, 1.54) is 5.56 Å². The van der Waals surface area contributed by atoms with E-state index in [0.29, 0.717) is 18.2 Å². The summed E-state index contributed by atoms with van der Waals surface area (Å²) >= 11 is 0. The van der Waals surface area contributed by atoms with Crippen LogP contribution in [-0.4, -0.2) is 61.5 Å². The van der Waals surface area contributed by atoms with Gasteiger partial charge in [0.1, 0.15) is 0 Å². The summed E-state index contributed by atoms with van der Waals surface area (Å²) < 4.78 is 0. The van der Waals surface area contributed by atoms with E-state index in [0.717, 1.165) is 52.2 Å². The highest BCUT2D eigenvalue weighted by Gasteiger charge is 2.17. The fraction of sp³-hybridized carbons (Fsp3) is 0.632. The number of benzene rings is 1. The number of carbonyl (C=O) groups is 1. The van der Waals surface area contributed by atoms with Crippen LogP contribution in [0.25, 0.3) is 0 Å². The molecule has 1 N–H and O–H groups in total. The Labute approximate surface area is 153 Å². The van der Waals surface area contributed by atoms with Gasteiger partial charge in [-0.05, 0) is 17.9 Å². The van der Waals surface area contributed by atoms with Gasteiger partial charge in [-0.15, -0.1) is 12.4 Å². The van der Waals surface area contributed by atoms with Crippen LogP contribution in [0.5, 0.6) is 0 Å². The molecule has 1 fully saturated rings. The first-order valence-corrected chi connectivity index (χ1v) is 8.90. The lowest BCUT2D eigenvalue weighted by atomic mass is 10.1. The van der Waals surface area contributed by atoms with Crippen molar-refractivity contribution in [3.8, 4) is 0 Å². The molecular weight excluding hydrogens is 322 g/mol. The Kier molecular flexibility index (Phi) is 9.99. The van der Waals surface area contributed by atoms with E-state index < -0.39 is 0 Å². The molecule has 0 bridgehead atoms. The maximum Gasteiger partial charge on any atom is 0.223 e. The van der Waals surface area contributed by atoms with Crippen LogP contribution in [0, 0.1) is 5.92 Å². The van der Waals surface area contributed by atoms with Gasteiger partial charge in [-0.25, -0.2) is 0 Å². The van der Waals surface area contributed by atoms with Crippen molar-refractivity contribution in [2.45, 2.75) is 26.7 Å². The fourth-order valence-corrected chi connectivity index (χ4v) is 3.07. The fourth-order valence-electron chi connectivity index (χ4n) is 3.07. The maximum atomic E-state index is 12.3. The molecule has 0 aliphatic carbocycles. The predicted octanol–water partition coefficient (Wildman–Crippen LogP) is 2.43. The molecule has 5 heteroatoms. The van der Waals surface area contributed by atoms with E-state index in [9.17, 15) is 4.79 Å². The average Bonchev–Trinajstić information content (AvgIpc) is 2.58. The molecule has 0 radical (unpaired) electrons. The molecule has 0 atom stereocenters. The van der Waals surface area contributed by atoms with Gasteiger partial charge in [0.15, 0.2) is 0 Å². The van der Waals surface area contributed by atoms with Gasteiger partial charge in [0, 0.05) is 52.2 Å². The molecule has 0 saturated carbocycles. The Morgan fingerprint density at radius 2 is 1.83 bits per heavy atom. The lowest BCUT2D eigenvalue weighted by molar-refractivity contribution is -0.132. The number of hydrogen-bond acceptors (Lipinski definition) is 3. The van der Waals surface area contributed by atoms with E-state index >= 15 is 0 Å². The smallest absolute Gasteiger partial charge is 0.223 e. The van der Waals surface area contributed by atoms with Crippen molar-refractivity contribution in [2.75, 3.05) is 45.8 Å². The summed E-state index contributed by atoms with van der Waals surface area (Å²) in [5, 5.41) is 3.29. The van der Waals surface area contributed by atoms with Crippen LogP contribution in [0.4, 0.5) is 0 Å². The Morgan fingerprint density at radius 1 is 1.17 bits per heavy atom. The first kappa shape index (κ1) is 20.9. The number of nitrogens with zero attached hydrogens (tertiary/aromatic N) is 2. The molecule has 1 aromatic rings. The van der Waals surface area contributed by atoms with Gasteiger partial charge < -0.3 is 15.1 Å². The van der Waals surface area contributed by atoms with Gasteiger partial charge in [0.05, 0.1) is 0 Å². The standard InChI is InChI=1S/C19H31N3O.ClH/c1-17(2)16-21(12-8-18-6-4-3-5-7-18)13-9-19(23)22-14-10-20-11-15-22;/h3-7,17,20H,8-16H2,1-2H3;1H. The van der Waals surface area contributed by atoms with Crippen molar-refractivity contribution >= 4 is 18.3 Å². The van der Waals surface area contributed by atoms with Crippen molar-refractivity contribution < 1.29 is 4.79 Å². The number of piperazine rings is 1. The summed E-state index contributed by atoms with van der Waals surface area (Å²) in [6.07, 6.45) is 1.69. The van der Waals surface area contributed by atoms with Crippen molar-refractivity contribution in [1.82, 2.24) is 15.1 Å². The van der Waals surface area contributed by atoms with E-state index in [4.69, 9.17) is 0 Å². The molecule has 1 aliphatic heterocycles. The van der Waals surface area contributed by atoms with E-state index in [1.54, 1.807) is 0 Å². The first-order valence-electron chi connectivity index (χ1n) is 8.90. The van der Waals surface area contributed by atoms with Crippen molar-refractivity contribution in [3.05, 3.63) is 35.9 Å². The second kappa shape index (κ2) is 11.5. The SMILES string of the molecule is CC(C)CN(CCC(=O)N1CCNCC1)CCc1ccccc1.Cl. The van der Waals surface area contributed by atoms with Crippen LogP contribution >= 0.6 is 12.4 Å². The van der Waals surface area contributed by atoms with E-state index in [2.05, 4.69) is 54.4 Å². The van der Waals surface area contributed by atoms with Gasteiger partial charge in [-0.2, -0.15) is 0 Å². The van der Waals surface area contributed by atoms with Gasteiger partial charge >= 0.3 is 0 Å². The lowest BCUT2D eigenvalue weighted by Gasteiger charge is -2.29. The topological polar surface area (TPSA) is 35.6 Å². The van der Waals surface area contributed by atoms with Crippen LogP contribution in [0.15, 0.2) is 30.3 Å². The Bertz CT molecular complexity index is 461. The number of hydrogen-bond donors (Lipinski definition) is 1. The Morgan fingerprint density at radius 3 is 2.46 bits per heavy atom. The normalized spacial score (nSPS) is 14.8. The molecule has 24 heavy (non-hydrogen) atoms. The third kappa shape index (κ3) is 7.65. The molecule has 2 rings (SSSR count). The summed E-state index contributed by atoms with van der Waals surface area (Å²) in [4.78, 5) is 16.8. The molecule has 0 aromatic heterocycles. The Balaban J connectivity index is 0.00000288. The highest BCUT2D eigenvalue weighted by atomic mass is 35.5. The Hall–Kier alpha value is -1.10. The summed E-state index contributed by atoms with van der Waals surface area (Å²) in [7, 11) is 0. The number of nitrogens with one attached hydrogen (secondary N) is 1. The average molecular weight is 354 g/mol. The van der Waals surface area contributed by atoms with Crippen LogP contribution in [0.2, 0.25) is 0 Å². The molecule has 1 saturated heterocycles. The van der Waals surface area contributed by atoms with Crippen molar-refractivity contribution in [2.24, 2.45) is 5.92 Å². The second-order valence-electron chi connectivity index (χ2n) is 6.81. The highest BCUT2D eigenvalue weighted by molar-refractivity contribution is 5.85. The second-order valence-corrected chi connectivity index (χ2v) is 6.81. The third-order valence-corrected chi connectivity index (χ3v) is 4.29. The molecule has 136 valence electrons. The van der Waals surface area contributed by atoms with Crippen LogP contribution in [-0.2, 0) is 11.2 Å². The number of amides is 1. The molecule has 0 unspecified atom stereocenters. The minimum atomic E-state index is 0. The van der Waals surface area contributed by atoms with Crippen molar-refractivity contribution in [1.29, 1.82) is 0 Å². The predicted molar refractivity (Wildman–Crippen MR) is 103 cm³/mol. The minimum absolute atomic E-state index is 0. The number of rotatable bonds is 8. The largest absolute Gasteiger partial charge is 0.340 e. The molecule has 1 aromatic carbocycles. The summed E-state index contributed by atoms with van der Waals surface area (Å²) in [5.41, 5.74) is 1.37. The summed E-state index contributed by atoms with van der Waals surface area (Å²) in [6, 6.07) is 10.6.